The summed E-state index contributed by atoms with van der Waals surface area (Å²) in [4.78, 5) is 4.56. The number of benzene rings is 3. The van der Waals surface area contributed by atoms with Gasteiger partial charge in [-0.1, -0.05) is 54.6 Å². The average Bonchev–Trinajstić information content (AvgIpc) is 3.34. The quantitative estimate of drug-likeness (QED) is 0.366. The Labute approximate surface area is 207 Å². The molecule has 4 aromatic rings. The van der Waals surface area contributed by atoms with E-state index in [0.717, 1.165) is 22.8 Å². The zero-order chi connectivity index (χ0) is 25.3. The van der Waals surface area contributed by atoms with Gasteiger partial charge >= 0.3 is 6.18 Å². The zero-order valence-electron chi connectivity index (χ0n) is 19.7. The van der Waals surface area contributed by atoms with E-state index < -0.39 is 17.3 Å². The number of halogens is 3. The molecule has 0 saturated heterocycles. The van der Waals surface area contributed by atoms with Crippen LogP contribution in [0, 0.1) is 0 Å². The summed E-state index contributed by atoms with van der Waals surface area (Å²) in [5, 5.41) is 13.0. The predicted octanol–water partition coefficient (Wildman–Crippen LogP) is 5.63. The molecule has 0 amide bonds. The summed E-state index contributed by atoms with van der Waals surface area (Å²) >= 11 is 0. The minimum Gasteiger partial charge on any atom is -0.488 e. The summed E-state index contributed by atoms with van der Waals surface area (Å²) in [7, 11) is 0. The third-order valence-electron chi connectivity index (χ3n) is 6.49. The molecular formula is C28H26F3N3O2. The highest BCUT2D eigenvalue weighted by Gasteiger charge is 2.36. The molecule has 186 valence electrons. The maximum Gasteiger partial charge on any atom is 0.419 e. The van der Waals surface area contributed by atoms with Gasteiger partial charge in [0.1, 0.15) is 18.2 Å². The highest BCUT2D eigenvalue weighted by molar-refractivity contribution is 5.64. The summed E-state index contributed by atoms with van der Waals surface area (Å²) in [5.41, 5.74) is 2.01. The Morgan fingerprint density at radius 3 is 2.39 bits per heavy atom. The molecule has 1 aliphatic heterocycles. The molecule has 5 rings (SSSR count). The van der Waals surface area contributed by atoms with Crippen LogP contribution in [0.2, 0.25) is 0 Å². The molecule has 1 aliphatic rings. The van der Waals surface area contributed by atoms with Crippen molar-refractivity contribution in [2.45, 2.75) is 31.8 Å². The van der Waals surface area contributed by atoms with Crippen LogP contribution in [-0.2, 0) is 24.9 Å². The number of imidazole rings is 1. The van der Waals surface area contributed by atoms with Crippen LogP contribution in [0.15, 0.2) is 79.0 Å². The molecule has 0 fully saturated rings. The van der Waals surface area contributed by atoms with Gasteiger partial charge in [-0.2, -0.15) is 13.2 Å². The highest BCUT2D eigenvalue weighted by atomic mass is 19.4. The number of aromatic nitrogens is 2. The van der Waals surface area contributed by atoms with Gasteiger partial charge in [0, 0.05) is 24.8 Å². The van der Waals surface area contributed by atoms with E-state index in [0.29, 0.717) is 30.2 Å². The van der Waals surface area contributed by atoms with Gasteiger partial charge < -0.3 is 19.7 Å². The SMILES string of the molecule is C[C@@]1(CO)NCCn2cc(-c3ccc(OCc4ccc(-c5ccccc5)cc4)c(C(F)(F)F)c3)nc21. The fraction of sp³-hybridized carbons (Fsp3) is 0.250. The van der Waals surface area contributed by atoms with Crippen molar-refractivity contribution in [2.24, 2.45) is 0 Å². The lowest BCUT2D eigenvalue weighted by atomic mass is 10.0. The molecule has 0 saturated carbocycles. The third-order valence-corrected chi connectivity index (χ3v) is 6.49. The minimum atomic E-state index is -4.59. The second-order valence-corrected chi connectivity index (χ2v) is 9.12. The van der Waals surface area contributed by atoms with Crippen molar-refractivity contribution in [3.8, 4) is 28.1 Å². The van der Waals surface area contributed by atoms with E-state index in [1.54, 1.807) is 12.3 Å². The van der Waals surface area contributed by atoms with Gasteiger partial charge in [-0.3, -0.25) is 0 Å². The molecule has 0 aliphatic carbocycles. The average molecular weight is 494 g/mol. The molecular weight excluding hydrogens is 467 g/mol. The number of hydrogen-bond acceptors (Lipinski definition) is 4. The van der Waals surface area contributed by atoms with Crippen LogP contribution in [0.4, 0.5) is 13.2 Å². The molecule has 2 N–H and O–H groups in total. The molecule has 5 nitrogen and oxygen atoms in total. The maximum absolute atomic E-state index is 14.0. The van der Waals surface area contributed by atoms with Crippen LogP contribution >= 0.6 is 0 Å². The smallest absolute Gasteiger partial charge is 0.419 e. The summed E-state index contributed by atoms with van der Waals surface area (Å²) in [6, 6.07) is 21.4. The molecule has 2 heterocycles. The number of ether oxygens (including phenoxy) is 1. The first kappa shape index (κ1) is 24.1. The fourth-order valence-corrected chi connectivity index (χ4v) is 4.45. The van der Waals surface area contributed by atoms with Gasteiger partial charge in [0.05, 0.1) is 23.4 Å². The standard InChI is InChI=1S/C28H26F3N3O2/c1-27(18-35)26-33-24(16-34(26)14-13-32-27)22-11-12-25(23(15-22)28(29,30)31)36-17-19-7-9-21(10-8-19)20-5-3-2-4-6-20/h2-12,15-16,32,35H,13-14,17-18H2,1H3/t27-/m0/s1. The summed E-state index contributed by atoms with van der Waals surface area (Å²) in [6.45, 7) is 2.91. The molecule has 0 radical (unpaired) electrons. The Morgan fingerprint density at radius 1 is 1.00 bits per heavy atom. The van der Waals surface area contributed by atoms with Gasteiger partial charge in [-0.05, 0) is 41.8 Å². The van der Waals surface area contributed by atoms with Crippen LogP contribution in [0.25, 0.3) is 22.4 Å². The number of nitrogens with one attached hydrogen (secondary N) is 1. The Morgan fingerprint density at radius 2 is 1.69 bits per heavy atom. The van der Waals surface area contributed by atoms with Crippen molar-refractivity contribution < 1.29 is 23.0 Å². The first-order valence-corrected chi connectivity index (χ1v) is 11.7. The summed E-state index contributed by atoms with van der Waals surface area (Å²) in [6.07, 6.45) is -2.86. The van der Waals surface area contributed by atoms with Gasteiger partial charge in [-0.15, -0.1) is 0 Å². The number of alkyl halides is 3. The normalized spacial score (nSPS) is 17.6. The van der Waals surface area contributed by atoms with Crippen molar-refractivity contribution in [2.75, 3.05) is 13.2 Å². The maximum atomic E-state index is 14.0. The summed E-state index contributed by atoms with van der Waals surface area (Å²) < 4.78 is 49.4. The second kappa shape index (κ2) is 9.44. The topological polar surface area (TPSA) is 59.3 Å². The van der Waals surface area contributed by atoms with Gasteiger partial charge in [0.15, 0.2) is 0 Å². The lowest BCUT2D eigenvalue weighted by molar-refractivity contribution is -0.139. The van der Waals surface area contributed by atoms with E-state index in [9.17, 15) is 18.3 Å². The van der Waals surface area contributed by atoms with Crippen molar-refractivity contribution in [3.05, 3.63) is 95.9 Å². The van der Waals surface area contributed by atoms with Crippen LogP contribution in [0.1, 0.15) is 23.9 Å². The van der Waals surface area contributed by atoms with Gasteiger partial charge in [0.2, 0.25) is 0 Å². The fourth-order valence-electron chi connectivity index (χ4n) is 4.45. The minimum absolute atomic E-state index is 0.0107. The zero-order valence-corrected chi connectivity index (χ0v) is 19.7. The number of hydrogen-bond donors (Lipinski definition) is 2. The van der Waals surface area contributed by atoms with Crippen LogP contribution < -0.4 is 10.1 Å². The molecule has 1 aromatic heterocycles. The van der Waals surface area contributed by atoms with E-state index in [-0.39, 0.29) is 19.0 Å². The van der Waals surface area contributed by atoms with Gasteiger partial charge in [-0.25, -0.2) is 4.98 Å². The Kier molecular flexibility index (Phi) is 6.32. The Bertz CT molecular complexity index is 1350. The van der Waals surface area contributed by atoms with Crippen molar-refractivity contribution >= 4 is 0 Å². The highest BCUT2D eigenvalue weighted by Crippen LogP contribution is 2.39. The molecule has 36 heavy (non-hydrogen) atoms. The van der Waals surface area contributed by atoms with Crippen LogP contribution in [-0.4, -0.2) is 27.8 Å². The van der Waals surface area contributed by atoms with Gasteiger partial charge in [0.25, 0.3) is 0 Å². The number of aliphatic hydroxyl groups is 1. The monoisotopic (exact) mass is 493 g/mol. The Balaban J connectivity index is 1.38. The van der Waals surface area contributed by atoms with Crippen LogP contribution in [0.3, 0.4) is 0 Å². The van der Waals surface area contributed by atoms with E-state index >= 15 is 0 Å². The van der Waals surface area contributed by atoms with Crippen LogP contribution in [0.5, 0.6) is 5.75 Å². The molecule has 0 spiro atoms. The predicted molar refractivity (Wildman–Crippen MR) is 131 cm³/mol. The van der Waals surface area contributed by atoms with E-state index in [2.05, 4.69) is 10.3 Å². The third kappa shape index (κ3) is 4.74. The second-order valence-electron chi connectivity index (χ2n) is 9.12. The molecule has 3 aromatic carbocycles. The lowest BCUT2D eigenvalue weighted by Gasteiger charge is -2.33. The first-order chi connectivity index (χ1) is 17.3. The summed E-state index contributed by atoms with van der Waals surface area (Å²) in [5.74, 6) is 0.364. The molecule has 0 unspecified atom stereocenters. The Hall–Kier alpha value is -3.62. The molecule has 8 heteroatoms. The number of fused-ring (bicyclic) bond motifs is 1. The lowest BCUT2D eigenvalue weighted by Crippen LogP contribution is -2.50. The van der Waals surface area contributed by atoms with Crippen molar-refractivity contribution in [1.82, 2.24) is 14.9 Å². The number of aliphatic hydroxyl groups excluding tert-OH is 1. The molecule has 1 atom stereocenters. The van der Waals surface area contributed by atoms with Crippen molar-refractivity contribution in [3.63, 3.8) is 0 Å². The van der Waals surface area contributed by atoms with E-state index in [4.69, 9.17) is 4.74 Å². The van der Waals surface area contributed by atoms with E-state index in [1.165, 1.54) is 6.07 Å². The number of nitrogens with zero attached hydrogens (tertiary/aromatic N) is 2. The number of rotatable bonds is 6. The molecule has 0 bridgehead atoms. The largest absolute Gasteiger partial charge is 0.488 e. The van der Waals surface area contributed by atoms with Crippen molar-refractivity contribution in [1.29, 1.82) is 0 Å². The van der Waals surface area contributed by atoms with E-state index in [1.807, 2.05) is 66.1 Å². The first-order valence-electron chi connectivity index (χ1n) is 11.7.